The van der Waals surface area contributed by atoms with E-state index >= 15 is 0 Å². The first-order valence-electron chi connectivity index (χ1n) is 6.21. The van der Waals surface area contributed by atoms with E-state index in [0.717, 1.165) is 17.5 Å². The van der Waals surface area contributed by atoms with E-state index in [4.69, 9.17) is 16.3 Å². The molecule has 1 aromatic heterocycles. The van der Waals surface area contributed by atoms with Crippen LogP contribution in [0.15, 0.2) is 23.1 Å². The maximum atomic E-state index is 12.3. The largest absolute Gasteiger partial charge is 0.380 e. The molecule has 1 aliphatic heterocycles. The normalized spacial score (nSPS) is 20.4. The van der Waals surface area contributed by atoms with Gasteiger partial charge in [-0.1, -0.05) is 11.6 Å². The lowest BCUT2D eigenvalue weighted by atomic mass is 10.1. The molecule has 108 valence electrons. The number of benzene rings is 1. The maximum Gasteiger partial charge on any atom is 0.240 e. The molecule has 3 rings (SSSR count). The van der Waals surface area contributed by atoms with E-state index in [1.54, 1.807) is 18.2 Å². The van der Waals surface area contributed by atoms with Crippen LogP contribution < -0.4 is 4.72 Å². The molecule has 1 aromatic carbocycles. The first-order valence-corrected chi connectivity index (χ1v) is 8.88. The molecule has 0 saturated carbocycles. The first-order chi connectivity index (χ1) is 9.54. The molecule has 0 bridgehead atoms. The predicted octanol–water partition coefficient (Wildman–Crippen LogP) is 2.41. The zero-order valence-electron chi connectivity index (χ0n) is 10.5. The lowest BCUT2D eigenvalue weighted by Crippen LogP contribution is -2.40. The smallest absolute Gasteiger partial charge is 0.240 e. The van der Waals surface area contributed by atoms with Crippen molar-refractivity contribution >= 4 is 43.2 Å². The molecule has 0 aliphatic carbocycles. The number of ether oxygens (including phenoxy) is 1. The monoisotopic (exact) mass is 332 g/mol. The molecule has 1 saturated heterocycles. The molecule has 1 atom stereocenters. The number of hydrogen-bond donors (Lipinski definition) is 1. The molecule has 1 aliphatic rings. The minimum Gasteiger partial charge on any atom is -0.380 e. The zero-order valence-corrected chi connectivity index (χ0v) is 12.9. The second-order valence-electron chi connectivity index (χ2n) is 4.63. The Bertz CT molecular complexity index is 723. The van der Waals surface area contributed by atoms with Crippen LogP contribution in [0, 0.1) is 0 Å². The average molecular weight is 333 g/mol. The van der Waals surface area contributed by atoms with Gasteiger partial charge in [-0.25, -0.2) is 18.1 Å². The standard InChI is InChI=1S/C12H13ClN2O3S2/c13-12-14-10-6-9(3-4-11(10)19-12)20(16,17)15-8-2-1-5-18-7-8/h3-4,6,8,15H,1-2,5,7H2/t8-/m1/s1. The Morgan fingerprint density at radius 1 is 1.45 bits per heavy atom. The van der Waals surface area contributed by atoms with Crippen molar-refractivity contribution in [1.29, 1.82) is 0 Å². The van der Waals surface area contributed by atoms with Crippen molar-refractivity contribution in [3.8, 4) is 0 Å². The number of halogens is 1. The van der Waals surface area contributed by atoms with Gasteiger partial charge in [-0.3, -0.25) is 0 Å². The van der Waals surface area contributed by atoms with E-state index in [2.05, 4.69) is 9.71 Å². The molecular formula is C12H13ClN2O3S2. The number of fused-ring (bicyclic) bond motifs is 1. The van der Waals surface area contributed by atoms with E-state index in [1.165, 1.54) is 11.3 Å². The Labute approximate surface area is 126 Å². The number of nitrogens with zero attached hydrogens (tertiary/aromatic N) is 1. The van der Waals surface area contributed by atoms with E-state index in [0.29, 0.717) is 23.2 Å². The molecule has 0 spiro atoms. The summed E-state index contributed by atoms with van der Waals surface area (Å²) in [4.78, 5) is 4.31. The van der Waals surface area contributed by atoms with Crippen molar-refractivity contribution in [3.05, 3.63) is 22.7 Å². The first kappa shape index (κ1) is 14.2. The van der Waals surface area contributed by atoms with Gasteiger partial charge in [0.2, 0.25) is 10.0 Å². The van der Waals surface area contributed by atoms with Crippen LogP contribution in [0.1, 0.15) is 12.8 Å². The van der Waals surface area contributed by atoms with Gasteiger partial charge in [-0.2, -0.15) is 0 Å². The topological polar surface area (TPSA) is 68.3 Å². The summed E-state index contributed by atoms with van der Waals surface area (Å²) in [5, 5.41) is 0. The maximum absolute atomic E-state index is 12.3. The molecule has 1 N–H and O–H groups in total. The third-order valence-corrected chi connectivity index (χ3v) is 5.78. The number of nitrogens with one attached hydrogen (secondary N) is 1. The summed E-state index contributed by atoms with van der Waals surface area (Å²) in [6, 6.07) is 4.68. The van der Waals surface area contributed by atoms with Gasteiger partial charge in [0.15, 0.2) is 4.47 Å². The van der Waals surface area contributed by atoms with Crippen LogP contribution in [-0.2, 0) is 14.8 Å². The Hall–Kier alpha value is -0.730. The second-order valence-corrected chi connectivity index (χ2v) is 7.96. The van der Waals surface area contributed by atoms with E-state index in [-0.39, 0.29) is 10.9 Å². The summed E-state index contributed by atoms with van der Waals surface area (Å²) in [7, 11) is -3.55. The van der Waals surface area contributed by atoms with Gasteiger partial charge in [0.25, 0.3) is 0 Å². The Kier molecular flexibility index (Phi) is 3.96. The molecule has 0 radical (unpaired) electrons. The molecule has 1 fully saturated rings. The van der Waals surface area contributed by atoms with Crippen molar-refractivity contribution < 1.29 is 13.2 Å². The van der Waals surface area contributed by atoms with Crippen molar-refractivity contribution in [1.82, 2.24) is 9.71 Å². The van der Waals surface area contributed by atoms with E-state index in [9.17, 15) is 8.42 Å². The van der Waals surface area contributed by atoms with E-state index in [1.807, 2.05) is 0 Å². The van der Waals surface area contributed by atoms with E-state index < -0.39 is 10.0 Å². The van der Waals surface area contributed by atoms with Gasteiger partial charge < -0.3 is 4.74 Å². The molecule has 2 aromatic rings. The highest BCUT2D eigenvalue weighted by Crippen LogP contribution is 2.27. The fraction of sp³-hybridized carbons (Fsp3) is 0.417. The van der Waals surface area contributed by atoms with Crippen LogP contribution in [0.3, 0.4) is 0 Å². The Balaban J connectivity index is 1.87. The van der Waals surface area contributed by atoms with Crippen LogP contribution in [0.4, 0.5) is 0 Å². The van der Waals surface area contributed by atoms with Gasteiger partial charge in [-0.15, -0.1) is 11.3 Å². The number of hydrogen-bond acceptors (Lipinski definition) is 5. The number of rotatable bonds is 3. The van der Waals surface area contributed by atoms with Crippen molar-refractivity contribution in [3.63, 3.8) is 0 Å². The van der Waals surface area contributed by atoms with Gasteiger partial charge in [0.1, 0.15) is 0 Å². The third-order valence-electron chi connectivity index (χ3n) is 3.13. The summed E-state index contributed by atoms with van der Waals surface area (Å²) in [5.41, 5.74) is 0.600. The van der Waals surface area contributed by atoms with Gasteiger partial charge in [-0.05, 0) is 31.0 Å². The van der Waals surface area contributed by atoms with Crippen molar-refractivity contribution in [2.75, 3.05) is 13.2 Å². The summed E-state index contributed by atoms with van der Waals surface area (Å²) < 4.78 is 33.9. The highest BCUT2D eigenvalue weighted by molar-refractivity contribution is 7.89. The lowest BCUT2D eigenvalue weighted by Gasteiger charge is -2.22. The highest BCUT2D eigenvalue weighted by Gasteiger charge is 2.22. The lowest BCUT2D eigenvalue weighted by molar-refractivity contribution is 0.0774. The van der Waals surface area contributed by atoms with Crippen molar-refractivity contribution in [2.24, 2.45) is 0 Å². The minimum absolute atomic E-state index is 0.163. The summed E-state index contributed by atoms with van der Waals surface area (Å²) in [5.74, 6) is 0. The Morgan fingerprint density at radius 3 is 3.05 bits per heavy atom. The molecule has 20 heavy (non-hydrogen) atoms. The molecule has 0 amide bonds. The molecule has 8 heteroatoms. The average Bonchev–Trinajstić information content (AvgIpc) is 2.78. The van der Waals surface area contributed by atoms with Crippen LogP contribution in [0.2, 0.25) is 4.47 Å². The predicted molar refractivity (Wildman–Crippen MR) is 78.8 cm³/mol. The number of aromatic nitrogens is 1. The van der Waals surface area contributed by atoms with Gasteiger partial charge in [0.05, 0.1) is 21.7 Å². The van der Waals surface area contributed by atoms with Crippen LogP contribution in [0.25, 0.3) is 10.2 Å². The Morgan fingerprint density at radius 2 is 2.30 bits per heavy atom. The van der Waals surface area contributed by atoms with Crippen LogP contribution in [-0.4, -0.2) is 32.7 Å². The summed E-state index contributed by atoms with van der Waals surface area (Å²) in [6.07, 6.45) is 1.66. The fourth-order valence-corrected chi connectivity index (χ4v) is 4.45. The van der Waals surface area contributed by atoms with Crippen LogP contribution >= 0.6 is 22.9 Å². The third kappa shape index (κ3) is 2.96. The summed E-state index contributed by atoms with van der Waals surface area (Å²) in [6.45, 7) is 1.12. The van der Waals surface area contributed by atoms with Crippen LogP contribution in [0.5, 0.6) is 0 Å². The fourth-order valence-electron chi connectivity index (χ4n) is 2.17. The molecule has 0 unspecified atom stereocenters. The zero-order chi connectivity index (χ0) is 14.2. The van der Waals surface area contributed by atoms with Gasteiger partial charge >= 0.3 is 0 Å². The molecular weight excluding hydrogens is 320 g/mol. The molecule has 5 nitrogen and oxygen atoms in total. The van der Waals surface area contributed by atoms with Crippen molar-refractivity contribution in [2.45, 2.75) is 23.8 Å². The number of thiazole rings is 1. The van der Waals surface area contributed by atoms with Gasteiger partial charge in [0, 0.05) is 12.6 Å². The highest BCUT2D eigenvalue weighted by atomic mass is 35.5. The number of sulfonamides is 1. The SMILES string of the molecule is O=S(=O)(N[C@@H]1CCCOC1)c1ccc2sc(Cl)nc2c1. The molecule has 2 heterocycles. The quantitative estimate of drug-likeness (QED) is 0.937. The second kappa shape index (κ2) is 5.57. The summed E-state index contributed by atoms with van der Waals surface area (Å²) >= 11 is 7.16. The minimum atomic E-state index is -3.55.